The van der Waals surface area contributed by atoms with E-state index in [2.05, 4.69) is 36.9 Å². The summed E-state index contributed by atoms with van der Waals surface area (Å²) in [5.74, 6) is 0.593. The lowest BCUT2D eigenvalue weighted by atomic mass is 9.94. The van der Waals surface area contributed by atoms with E-state index in [4.69, 9.17) is 4.74 Å². The second kappa shape index (κ2) is 10.1. The van der Waals surface area contributed by atoms with E-state index in [-0.39, 0.29) is 23.8 Å². The Balaban J connectivity index is 1.63. The average molecular weight is 482 g/mol. The highest BCUT2D eigenvalue weighted by atomic mass is 16.5. The fourth-order valence-electron chi connectivity index (χ4n) is 5.53. The molecule has 0 aliphatic carbocycles. The summed E-state index contributed by atoms with van der Waals surface area (Å²) in [4.78, 5) is 18.6. The van der Waals surface area contributed by atoms with Crippen molar-refractivity contribution in [1.82, 2.24) is 19.2 Å². The van der Waals surface area contributed by atoms with Crippen LogP contribution in [0.25, 0.3) is 16.9 Å². The molecule has 184 valence electrons. The molecular weight excluding hydrogens is 450 g/mol. The predicted molar refractivity (Wildman–Crippen MR) is 139 cm³/mol. The molecule has 0 N–H and O–H groups in total. The first kappa shape index (κ1) is 24.0. The molecule has 3 heterocycles. The fourth-order valence-corrected chi connectivity index (χ4v) is 5.53. The second-order valence-electron chi connectivity index (χ2n) is 9.74. The molecular formula is C29H31N5O2. The molecule has 5 rings (SSSR count). The Bertz CT molecular complexity index is 1470. The molecule has 2 unspecified atom stereocenters. The first-order valence-electron chi connectivity index (χ1n) is 12.7. The van der Waals surface area contributed by atoms with Crippen LogP contribution in [0.5, 0.6) is 0 Å². The first-order chi connectivity index (χ1) is 17.5. The maximum Gasteiger partial charge on any atom is 0.259 e. The molecule has 0 amide bonds. The molecule has 2 aromatic carbocycles. The van der Waals surface area contributed by atoms with Crippen molar-refractivity contribution in [3.8, 4) is 17.2 Å². The molecule has 7 heteroatoms. The van der Waals surface area contributed by atoms with Gasteiger partial charge in [0.05, 0.1) is 29.5 Å². The summed E-state index contributed by atoms with van der Waals surface area (Å²) in [7, 11) is 0. The van der Waals surface area contributed by atoms with Crippen LogP contribution in [0.1, 0.15) is 68.5 Å². The van der Waals surface area contributed by atoms with Gasteiger partial charge in [-0.3, -0.25) is 9.36 Å². The zero-order chi connectivity index (χ0) is 25.2. The number of ether oxygens (including phenoxy) is 1. The minimum atomic E-state index is -0.0177. The van der Waals surface area contributed by atoms with Crippen LogP contribution >= 0.6 is 0 Å². The van der Waals surface area contributed by atoms with Crippen LogP contribution in [0.15, 0.2) is 59.7 Å². The topological polar surface area (TPSA) is 85.2 Å². The minimum Gasteiger partial charge on any atom is -0.375 e. The third-order valence-electron chi connectivity index (χ3n) is 7.02. The molecule has 4 aromatic rings. The lowest BCUT2D eigenvalue weighted by Gasteiger charge is -2.33. The average Bonchev–Trinajstić information content (AvgIpc) is 3.35. The molecule has 0 spiro atoms. The Kier molecular flexibility index (Phi) is 6.71. The van der Waals surface area contributed by atoms with Crippen molar-refractivity contribution in [1.29, 1.82) is 5.26 Å². The number of aryl methyl sites for hydroxylation is 1. The van der Waals surface area contributed by atoms with Crippen LogP contribution in [0.3, 0.4) is 0 Å². The molecule has 1 aliphatic rings. The fraction of sp³-hybridized carbons (Fsp3) is 0.379. The highest BCUT2D eigenvalue weighted by Crippen LogP contribution is 2.30. The summed E-state index contributed by atoms with van der Waals surface area (Å²) >= 11 is 0. The van der Waals surface area contributed by atoms with E-state index in [0.717, 1.165) is 53.6 Å². The van der Waals surface area contributed by atoms with Gasteiger partial charge >= 0.3 is 0 Å². The maximum absolute atomic E-state index is 14.1. The summed E-state index contributed by atoms with van der Waals surface area (Å²) in [6.07, 6.45) is 5.21. The number of nitrogens with zero attached hydrogens (tertiary/aromatic N) is 5. The summed E-state index contributed by atoms with van der Waals surface area (Å²) in [5, 5.41) is 14.4. The number of nitriles is 1. The summed E-state index contributed by atoms with van der Waals surface area (Å²) in [6, 6.07) is 18.2. The molecule has 0 saturated carbocycles. The van der Waals surface area contributed by atoms with Crippen LogP contribution in [-0.4, -0.2) is 31.4 Å². The molecule has 0 radical (unpaired) electrons. The predicted octanol–water partition coefficient (Wildman–Crippen LogP) is 5.10. The molecule has 1 fully saturated rings. The number of hydrogen-bond acceptors (Lipinski definition) is 5. The van der Waals surface area contributed by atoms with Gasteiger partial charge in [-0.05, 0) is 55.9 Å². The van der Waals surface area contributed by atoms with E-state index < -0.39 is 0 Å². The van der Waals surface area contributed by atoms with Gasteiger partial charge in [0.1, 0.15) is 6.33 Å². The zero-order valence-electron chi connectivity index (χ0n) is 21.0. The van der Waals surface area contributed by atoms with Crippen molar-refractivity contribution in [2.24, 2.45) is 0 Å². The van der Waals surface area contributed by atoms with Gasteiger partial charge in [-0.15, -0.1) is 0 Å². The second-order valence-corrected chi connectivity index (χ2v) is 9.74. The highest BCUT2D eigenvalue weighted by Gasteiger charge is 2.30. The summed E-state index contributed by atoms with van der Waals surface area (Å²) in [5.41, 5.74) is 5.02. The van der Waals surface area contributed by atoms with E-state index in [1.807, 2.05) is 57.6 Å². The third kappa shape index (κ3) is 4.45. The van der Waals surface area contributed by atoms with E-state index >= 15 is 0 Å². The lowest BCUT2D eigenvalue weighted by Crippen LogP contribution is -2.38. The largest absolute Gasteiger partial charge is 0.375 e. The molecule has 36 heavy (non-hydrogen) atoms. The molecule has 0 bridgehead atoms. The number of fused-ring (bicyclic) bond motifs is 1. The van der Waals surface area contributed by atoms with E-state index in [1.165, 1.54) is 6.33 Å². The highest BCUT2D eigenvalue weighted by molar-refractivity contribution is 5.71. The van der Waals surface area contributed by atoms with Crippen LogP contribution in [0.4, 0.5) is 0 Å². The van der Waals surface area contributed by atoms with Crippen molar-refractivity contribution in [3.63, 3.8) is 0 Å². The molecule has 1 aliphatic heterocycles. The normalized spacial score (nSPS) is 19.9. The van der Waals surface area contributed by atoms with Crippen LogP contribution < -0.4 is 5.56 Å². The Labute approximate surface area is 211 Å². The summed E-state index contributed by atoms with van der Waals surface area (Å²) < 4.78 is 9.62. The van der Waals surface area contributed by atoms with Crippen molar-refractivity contribution in [2.45, 2.75) is 71.1 Å². The Morgan fingerprint density at radius 2 is 1.86 bits per heavy atom. The molecule has 2 aromatic heterocycles. The first-order valence-corrected chi connectivity index (χ1v) is 12.7. The van der Waals surface area contributed by atoms with Crippen LogP contribution in [-0.2, 0) is 17.6 Å². The number of aromatic nitrogens is 4. The number of rotatable bonds is 6. The van der Waals surface area contributed by atoms with Gasteiger partial charge in [0.25, 0.3) is 5.56 Å². The van der Waals surface area contributed by atoms with Crippen LogP contribution in [0.2, 0.25) is 0 Å². The number of benzene rings is 2. The van der Waals surface area contributed by atoms with Crippen molar-refractivity contribution in [2.75, 3.05) is 0 Å². The van der Waals surface area contributed by atoms with Crippen molar-refractivity contribution < 1.29 is 4.74 Å². The van der Waals surface area contributed by atoms with Gasteiger partial charge in [0, 0.05) is 18.0 Å². The molecule has 1 saturated heterocycles. The van der Waals surface area contributed by atoms with Crippen molar-refractivity contribution in [3.05, 3.63) is 87.6 Å². The number of hydrogen-bond donors (Lipinski definition) is 0. The van der Waals surface area contributed by atoms with Crippen LogP contribution in [0, 0.1) is 11.3 Å². The zero-order valence-corrected chi connectivity index (χ0v) is 21.0. The monoisotopic (exact) mass is 481 g/mol. The molecule has 2 atom stereocenters. The molecule has 7 nitrogen and oxygen atoms in total. The van der Waals surface area contributed by atoms with Gasteiger partial charge in [-0.25, -0.2) is 4.52 Å². The van der Waals surface area contributed by atoms with E-state index in [9.17, 15) is 10.1 Å². The maximum atomic E-state index is 14.1. The third-order valence-corrected chi connectivity index (χ3v) is 7.02. The smallest absolute Gasteiger partial charge is 0.259 e. The minimum absolute atomic E-state index is 0.00694. The summed E-state index contributed by atoms with van der Waals surface area (Å²) in [6.45, 7) is 6.21. The van der Waals surface area contributed by atoms with Gasteiger partial charge in [0.15, 0.2) is 0 Å². The quantitative estimate of drug-likeness (QED) is 0.382. The lowest BCUT2D eigenvalue weighted by molar-refractivity contribution is -0.0488. The Hall–Kier alpha value is -3.76. The van der Waals surface area contributed by atoms with E-state index in [1.54, 1.807) is 0 Å². The van der Waals surface area contributed by atoms with Gasteiger partial charge in [0.2, 0.25) is 5.78 Å². The van der Waals surface area contributed by atoms with Gasteiger partial charge in [-0.1, -0.05) is 55.8 Å². The Morgan fingerprint density at radius 3 is 2.56 bits per heavy atom. The van der Waals surface area contributed by atoms with E-state index in [0.29, 0.717) is 17.8 Å². The van der Waals surface area contributed by atoms with Crippen molar-refractivity contribution >= 4 is 5.78 Å². The van der Waals surface area contributed by atoms with Gasteiger partial charge in [-0.2, -0.15) is 15.3 Å². The Morgan fingerprint density at radius 1 is 1.11 bits per heavy atom. The standard InChI is InChI=1S/C29H31N5O2/c1-4-8-27-26(16-21-11-12-25(23(15-21)17-30)22-9-6-5-7-10-22)28(35)33(29-31-18-32-34(27)29)24-13-19(2)36-20(3)14-24/h5-7,9-12,15,18-20,24H,4,8,13-14,16H2,1-3H3. The van der Waals surface area contributed by atoms with Gasteiger partial charge < -0.3 is 4.74 Å². The SMILES string of the molecule is CCCc1c(Cc2ccc(-c3ccccc3)c(C#N)c2)c(=O)n(C2CC(C)OC(C)C2)c2ncnn12.